The SMILES string of the molecule is COC(=O)CN1C(=O)S/C(=C\c2cc(Cl)ccc2O)C1=O. The summed E-state index contributed by atoms with van der Waals surface area (Å²) in [5, 5.41) is 9.51. The van der Waals surface area contributed by atoms with Crippen LogP contribution in [0.5, 0.6) is 5.75 Å². The Labute approximate surface area is 129 Å². The Bertz CT molecular complexity index is 658. The fourth-order valence-corrected chi connectivity index (χ4v) is 2.62. The van der Waals surface area contributed by atoms with Gasteiger partial charge in [0.15, 0.2) is 0 Å². The predicted octanol–water partition coefficient (Wildman–Crippen LogP) is 2.25. The number of rotatable bonds is 3. The number of carbonyl (C=O) groups is 3. The van der Waals surface area contributed by atoms with Crippen LogP contribution in [0.25, 0.3) is 6.08 Å². The number of esters is 1. The Morgan fingerprint density at radius 2 is 2.19 bits per heavy atom. The van der Waals surface area contributed by atoms with Crippen molar-refractivity contribution in [3.8, 4) is 5.75 Å². The van der Waals surface area contributed by atoms with Crippen molar-refractivity contribution in [3.63, 3.8) is 0 Å². The quantitative estimate of drug-likeness (QED) is 0.677. The van der Waals surface area contributed by atoms with Crippen LogP contribution in [0.3, 0.4) is 0 Å². The molecule has 6 nitrogen and oxygen atoms in total. The minimum Gasteiger partial charge on any atom is -0.507 e. The number of imide groups is 1. The van der Waals surface area contributed by atoms with E-state index in [0.29, 0.717) is 22.3 Å². The van der Waals surface area contributed by atoms with Gasteiger partial charge >= 0.3 is 5.97 Å². The number of nitrogens with zero attached hydrogens (tertiary/aromatic N) is 1. The van der Waals surface area contributed by atoms with Crippen molar-refractivity contribution in [2.24, 2.45) is 0 Å². The average molecular weight is 328 g/mol. The van der Waals surface area contributed by atoms with Crippen molar-refractivity contribution in [1.82, 2.24) is 4.90 Å². The third-order valence-corrected chi connectivity index (χ3v) is 3.81. The number of hydrogen-bond donors (Lipinski definition) is 1. The highest BCUT2D eigenvalue weighted by atomic mass is 35.5. The number of benzene rings is 1. The molecule has 1 fully saturated rings. The summed E-state index contributed by atoms with van der Waals surface area (Å²) < 4.78 is 4.43. The summed E-state index contributed by atoms with van der Waals surface area (Å²) in [5.74, 6) is -1.38. The van der Waals surface area contributed by atoms with Crippen LogP contribution in [0.15, 0.2) is 23.1 Å². The molecule has 110 valence electrons. The lowest BCUT2D eigenvalue weighted by molar-refractivity contribution is -0.143. The fourth-order valence-electron chi connectivity index (χ4n) is 1.61. The first-order valence-electron chi connectivity index (χ1n) is 5.73. The van der Waals surface area contributed by atoms with Crippen molar-refractivity contribution in [2.75, 3.05) is 13.7 Å². The second-order valence-electron chi connectivity index (χ2n) is 4.05. The maximum absolute atomic E-state index is 12.1. The molecule has 0 spiro atoms. The maximum Gasteiger partial charge on any atom is 0.325 e. The summed E-state index contributed by atoms with van der Waals surface area (Å²) in [6, 6.07) is 4.34. The molecule has 0 atom stereocenters. The van der Waals surface area contributed by atoms with Gasteiger partial charge in [-0.3, -0.25) is 19.3 Å². The van der Waals surface area contributed by atoms with E-state index in [1.54, 1.807) is 0 Å². The van der Waals surface area contributed by atoms with E-state index in [9.17, 15) is 19.5 Å². The summed E-state index contributed by atoms with van der Waals surface area (Å²) in [4.78, 5) is 35.8. The van der Waals surface area contributed by atoms with Gasteiger partial charge in [0.05, 0.1) is 12.0 Å². The largest absolute Gasteiger partial charge is 0.507 e. The highest BCUT2D eigenvalue weighted by molar-refractivity contribution is 8.18. The van der Waals surface area contributed by atoms with E-state index in [4.69, 9.17) is 11.6 Å². The molecule has 0 aromatic heterocycles. The van der Waals surface area contributed by atoms with E-state index in [0.717, 1.165) is 4.90 Å². The highest BCUT2D eigenvalue weighted by Crippen LogP contribution is 2.34. The second kappa shape index (κ2) is 6.19. The third kappa shape index (κ3) is 3.37. The molecule has 1 aromatic carbocycles. The first-order chi connectivity index (χ1) is 9.92. The Balaban J connectivity index is 2.28. The number of amides is 2. The molecule has 0 saturated carbocycles. The topological polar surface area (TPSA) is 83.9 Å². The number of phenols is 1. The minimum atomic E-state index is -0.691. The Morgan fingerprint density at radius 3 is 2.86 bits per heavy atom. The minimum absolute atomic E-state index is 0.0702. The smallest absolute Gasteiger partial charge is 0.325 e. The second-order valence-corrected chi connectivity index (χ2v) is 5.48. The number of hydrogen-bond acceptors (Lipinski definition) is 6. The van der Waals surface area contributed by atoms with Crippen LogP contribution in [0.1, 0.15) is 5.56 Å². The predicted molar refractivity (Wildman–Crippen MR) is 77.8 cm³/mol. The molecule has 21 heavy (non-hydrogen) atoms. The van der Waals surface area contributed by atoms with E-state index >= 15 is 0 Å². The number of ether oxygens (including phenoxy) is 1. The standard InChI is InChI=1S/C13H10ClNO5S/c1-20-11(17)6-15-12(18)10(21-13(15)19)5-7-4-8(14)2-3-9(7)16/h2-5,16H,6H2,1H3/b10-5-. The van der Waals surface area contributed by atoms with Crippen LogP contribution >= 0.6 is 23.4 Å². The lowest BCUT2D eigenvalue weighted by Gasteiger charge is -2.09. The number of methoxy groups -OCH3 is 1. The van der Waals surface area contributed by atoms with Gasteiger partial charge in [-0.25, -0.2) is 0 Å². The van der Waals surface area contributed by atoms with Crippen molar-refractivity contribution in [3.05, 3.63) is 33.7 Å². The number of halogens is 1. The van der Waals surface area contributed by atoms with Crippen molar-refractivity contribution >= 4 is 46.6 Å². The molecular weight excluding hydrogens is 318 g/mol. The van der Waals surface area contributed by atoms with Crippen molar-refractivity contribution < 1.29 is 24.2 Å². The molecule has 1 aromatic rings. The van der Waals surface area contributed by atoms with Crippen molar-refractivity contribution in [2.45, 2.75) is 0 Å². The van der Waals surface area contributed by atoms with E-state index in [-0.39, 0.29) is 10.7 Å². The van der Waals surface area contributed by atoms with Gasteiger partial charge in [0.2, 0.25) is 0 Å². The normalized spacial score (nSPS) is 16.7. The van der Waals surface area contributed by atoms with Gasteiger partial charge in [0, 0.05) is 10.6 Å². The van der Waals surface area contributed by atoms with E-state index in [2.05, 4.69) is 4.74 Å². The fraction of sp³-hybridized carbons (Fsp3) is 0.154. The molecule has 1 heterocycles. The van der Waals surface area contributed by atoms with Gasteiger partial charge in [0.25, 0.3) is 11.1 Å². The van der Waals surface area contributed by atoms with Gasteiger partial charge in [-0.15, -0.1) is 0 Å². The summed E-state index contributed by atoms with van der Waals surface area (Å²) in [5.41, 5.74) is 0.311. The molecule has 0 aliphatic carbocycles. The average Bonchev–Trinajstić information content (AvgIpc) is 2.70. The van der Waals surface area contributed by atoms with Gasteiger partial charge in [0.1, 0.15) is 12.3 Å². The molecule has 1 aliphatic rings. The summed E-state index contributed by atoms with van der Waals surface area (Å²) in [6.07, 6.45) is 1.35. The van der Waals surface area contributed by atoms with Crippen LogP contribution in [0.2, 0.25) is 5.02 Å². The number of carbonyl (C=O) groups excluding carboxylic acids is 3. The Kier molecular flexibility index (Phi) is 4.54. The number of phenolic OH excluding ortho intramolecular Hbond substituents is 1. The lowest BCUT2D eigenvalue weighted by Crippen LogP contribution is -2.34. The molecule has 2 rings (SSSR count). The zero-order chi connectivity index (χ0) is 15.6. The summed E-state index contributed by atoms with van der Waals surface area (Å²) in [6.45, 7) is -0.444. The molecule has 1 saturated heterocycles. The van der Waals surface area contributed by atoms with Gasteiger partial charge in [-0.1, -0.05) is 11.6 Å². The molecule has 2 amide bonds. The maximum atomic E-state index is 12.1. The molecule has 1 N–H and O–H groups in total. The first-order valence-corrected chi connectivity index (χ1v) is 6.92. The van der Waals surface area contributed by atoms with Crippen LogP contribution in [0.4, 0.5) is 4.79 Å². The zero-order valence-electron chi connectivity index (χ0n) is 10.8. The number of thioether (sulfide) groups is 1. The zero-order valence-corrected chi connectivity index (χ0v) is 12.4. The number of aromatic hydroxyl groups is 1. The van der Waals surface area contributed by atoms with Gasteiger partial charge in [-0.05, 0) is 36.0 Å². The monoisotopic (exact) mass is 327 g/mol. The third-order valence-electron chi connectivity index (χ3n) is 2.66. The molecule has 0 unspecified atom stereocenters. The molecule has 0 bridgehead atoms. The van der Waals surface area contributed by atoms with Crippen LogP contribution in [0, 0.1) is 0 Å². The van der Waals surface area contributed by atoms with Crippen LogP contribution in [-0.4, -0.2) is 40.8 Å². The van der Waals surface area contributed by atoms with Crippen LogP contribution in [-0.2, 0) is 14.3 Å². The lowest BCUT2D eigenvalue weighted by atomic mass is 10.2. The van der Waals surface area contributed by atoms with E-state index in [1.807, 2.05) is 0 Å². The van der Waals surface area contributed by atoms with E-state index < -0.39 is 23.7 Å². The molecule has 1 aliphatic heterocycles. The van der Waals surface area contributed by atoms with Crippen LogP contribution < -0.4 is 0 Å². The summed E-state index contributed by atoms with van der Waals surface area (Å²) in [7, 11) is 1.17. The molecular formula is C13H10ClNO5S. The van der Waals surface area contributed by atoms with E-state index in [1.165, 1.54) is 31.4 Å². The van der Waals surface area contributed by atoms with Gasteiger partial charge in [-0.2, -0.15) is 0 Å². The Morgan fingerprint density at radius 1 is 1.48 bits per heavy atom. The molecule has 0 radical (unpaired) electrons. The molecule has 8 heteroatoms. The Hall–Kier alpha value is -1.99. The summed E-state index contributed by atoms with van der Waals surface area (Å²) >= 11 is 6.49. The highest BCUT2D eigenvalue weighted by Gasteiger charge is 2.36. The van der Waals surface area contributed by atoms with Gasteiger partial charge < -0.3 is 9.84 Å². The first kappa shape index (κ1) is 15.4. The van der Waals surface area contributed by atoms with Crippen molar-refractivity contribution in [1.29, 1.82) is 0 Å².